The minimum absolute atomic E-state index is 0.357. The van der Waals surface area contributed by atoms with E-state index in [1.165, 1.54) is 19.0 Å². The summed E-state index contributed by atoms with van der Waals surface area (Å²) in [6.45, 7) is 9.83. The molecule has 2 rings (SSSR count). The normalized spacial score (nSPS) is 12.4. The molecule has 0 saturated heterocycles. The second kappa shape index (κ2) is 6.66. The van der Waals surface area contributed by atoms with Crippen LogP contribution < -0.4 is 10.4 Å². The lowest BCUT2D eigenvalue weighted by atomic mass is 9.41. The quantitative estimate of drug-likeness (QED) is 0.690. The third-order valence-corrected chi connectivity index (χ3v) is 13.1. The fourth-order valence-electron chi connectivity index (χ4n) is 4.53. The lowest BCUT2D eigenvalue weighted by Gasteiger charge is -2.53. The lowest BCUT2D eigenvalue weighted by molar-refractivity contribution is 1.21. The first-order chi connectivity index (χ1) is 10.1. The maximum absolute atomic E-state index is 2.61. The molecule has 0 aromatic heterocycles. The molecule has 0 heterocycles. The van der Waals surface area contributed by atoms with Crippen LogP contribution in [-0.2, 0) is 0 Å². The maximum atomic E-state index is 2.61. The molecule has 0 nitrogen and oxygen atoms in total. The zero-order valence-corrected chi connectivity index (χ0v) is 15.0. The number of benzene rings is 2. The van der Waals surface area contributed by atoms with Crippen LogP contribution in [0.5, 0.6) is 0 Å². The molecule has 0 unspecified atom stereocenters. The maximum Gasteiger partial charge on any atom is 0.0130 e. The van der Waals surface area contributed by atoms with Gasteiger partial charge in [0.25, 0.3) is 0 Å². The van der Waals surface area contributed by atoms with Crippen LogP contribution in [0.2, 0.25) is 25.5 Å². The Hall–Kier alpha value is -1.28. The van der Waals surface area contributed by atoms with Gasteiger partial charge < -0.3 is 0 Å². The van der Waals surface area contributed by atoms with Crippen LogP contribution in [0.4, 0.5) is 0 Å². The van der Waals surface area contributed by atoms with Crippen molar-refractivity contribution in [3.05, 3.63) is 60.7 Å². The fourth-order valence-corrected chi connectivity index (χ4v) is 10.5. The van der Waals surface area contributed by atoms with Crippen LogP contribution in [0.1, 0.15) is 20.8 Å². The van der Waals surface area contributed by atoms with Gasteiger partial charge in [0.1, 0.15) is 0 Å². The summed E-state index contributed by atoms with van der Waals surface area (Å²) in [6, 6.07) is 22.6. The van der Waals surface area contributed by atoms with Gasteiger partial charge in [0.15, 0.2) is 0 Å². The van der Waals surface area contributed by atoms with E-state index in [1.807, 2.05) is 0 Å². The van der Waals surface area contributed by atoms with Crippen molar-refractivity contribution in [3.8, 4) is 0 Å². The minimum Gasteiger partial charge on any atom is -0.182 e. The van der Waals surface area contributed by atoms with E-state index in [-0.39, 0.29) is 5.74 Å². The van der Waals surface area contributed by atoms with Crippen LogP contribution in [0.25, 0.3) is 0 Å². The van der Waals surface area contributed by atoms with Crippen molar-refractivity contribution in [2.45, 2.75) is 46.3 Å². The van der Waals surface area contributed by atoms with Crippen molar-refractivity contribution in [1.82, 2.24) is 0 Å². The van der Waals surface area contributed by atoms with E-state index >= 15 is 0 Å². The molecule has 0 aliphatic heterocycles. The summed E-state index contributed by atoms with van der Waals surface area (Å²) >= 11 is 0. The highest BCUT2D eigenvalue weighted by Crippen LogP contribution is 2.31. The summed E-state index contributed by atoms with van der Waals surface area (Å²) in [5, 5.41) is 3.20. The Bertz CT molecular complexity index is 499. The van der Waals surface area contributed by atoms with Crippen molar-refractivity contribution >= 4 is 24.1 Å². The summed E-state index contributed by atoms with van der Waals surface area (Å²) in [5.74, 6) is 0. The van der Waals surface area contributed by atoms with E-state index in [0.717, 1.165) is 0 Å². The van der Waals surface area contributed by atoms with Crippen molar-refractivity contribution in [3.63, 3.8) is 0 Å². The van der Waals surface area contributed by atoms with E-state index in [2.05, 4.69) is 88.0 Å². The van der Waals surface area contributed by atoms with E-state index in [1.54, 1.807) is 10.4 Å². The number of hydrogen-bond donors (Lipinski definition) is 0. The second-order valence-corrected chi connectivity index (χ2v) is 11.4. The Morgan fingerprint density at radius 1 is 0.667 bits per heavy atom. The molecule has 2 heteroatoms. The van der Waals surface area contributed by atoms with Crippen LogP contribution in [0.3, 0.4) is 0 Å². The fraction of sp³-hybridized carbons (Fsp3) is 0.368. The van der Waals surface area contributed by atoms with E-state index in [9.17, 15) is 0 Å². The first-order valence-corrected chi connectivity index (χ1v) is 11.0. The van der Waals surface area contributed by atoms with Gasteiger partial charge in [-0.15, -0.1) is 0 Å². The van der Waals surface area contributed by atoms with Crippen molar-refractivity contribution < 1.29 is 0 Å². The Balaban J connectivity index is 2.71. The van der Waals surface area contributed by atoms with Gasteiger partial charge in [-0.1, -0.05) is 98.4 Å². The molecule has 0 N–H and O–H groups in total. The van der Waals surface area contributed by atoms with E-state index < -0.39 is 7.94 Å². The first kappa shape index (κ1) is 16.1. The Labute approximate surface area is 131 Å². The van der Waals surface area contributed by atoms with Crippen molar-refractivity contribution in [1.29, 1.82) is 0 Å². The van der Waals surface area contributed by atoms with Crippen molar-refractivity contribution in [2.24, 2.45) is 0 Å². The summed E-state index contributed by atoms with van der Waals surface area (Å²) in [4.78, 5) is 0. The zero-order chi connectivity index (χ0) is 15.3. The molecule has 0 bridgehead atoms. The van der Waals surface area contributed by atoms with Crippen LogP contribution in [0, 0.1) is 0 Å². The molecule has 112 valence electrons. The summed E-state index contributed by atoms with van der Waals surface area (Å²) in [5.41, 5.74) is -0.357. The van der Waals surface area contributed by atoms with Crippen molar-refractivity contribution in [2.75, 3.05) is 0 Å². The molecule has 0 saturated carbocycles. The molecule has 0 fully saturated rings. The largest absolute Gasteiger partial charge is 0.182 e. The molecule has 21 heavy (non-hydrogen) atoms. The van der Waals surface area contributed by atoms with Crippen LogP contribution in [-0.4, -0.2) is 13.7 Å². The topological polar surface area (TPSA) is 0 Å². The summed E-state index contributed by atoms with van der Waals surface area (Å²) < 4.78 is 0. The highest BCUT2D eigenvalue weighted by atomic mass is 28.3. The molecule has 0 spiro atoms. The molecule has 0 amide bonds. The lowest BCUT2D eigenvalue weighted by Crippen LogP contribution is -2.74. The van der Waals surface area contributed by atoms with E-state index in [4.69, 9.17) is 0 Å². The molecule has 2 aromatic carbocycles. The van der Waals surface area contributed by atoms with Gasteiger partial charge in [-0.2, -0.15) is 19.0 Å². The Morgan fingerprint density at radius 2 is 1.00 bits per heavy atom. The van der Waals surface area contributed by atoms with Gasteiger partial charge in [0.2, 0.25) is 0 Å². The molecule has 2 aromatic rings. The molecule has 0 atom stereocenters. The zero-order valence-electron chi connectivity index (χ0n) is 14.0. The average molecular weight is 295 g/mol. The van der Waals surface area contributed by atoms with Gasteiger partial charge in [-0.3, -0.25) is 0 Å². The molecule has 0 aliphatic carbocycles. The minimum atomic E-state index is -1.72. The molecular weight excluding hydrogens is 267 g/mol. The van der Waals surface area contributed by atoms with E-state index in [0.29, 0.717) is 0 Å². The van der Waals surface area contributed by atoms with Gasteiger partial charge >= 0.3 is 0 Å². The van der Waals surface area contributed by atoms with Gasteiger partial charge in [-0.05, 0) is 7.94 Å². The highest BCUT2D eigenvalue weighted by molar-refractivity contribution is 7.51. The molecule has 0 radical (unpaired) electrons. The first-order valence-electron chi connectivity index (χ1n) is 8.46. The van der Waals surface area contributed by atoms with Crippen LogP contribution in [0.15, 0.2) is 60.7 Å². The standard InChI is InChI=1S/C19H28BSi/c1-5-20(6-2,7-3)21(4,18-14-10-8-11-15-18)19-16-12-9-13-17-19/h8-17H,5-7H2,1-4H3/q-1. The Morgan fingerprint density at radius 3 is 1.29 bits per heavy atom. The predicted molar refractivity (Wildman–Crippen MR) is 101 cm³/mol. The third-order valence-electron chi connectivity index (χ3n) is 6.32. The molecule has 0 aliphatic rings. The second-order valence-electron chi connectivity index (χ2n) is 6.64. The smallest absolute Gasteiger partial charge is 0.0130 e. The molecular formula is C19H28BSi-. The van der Waals surface area contributed by atoms with Gasteiger partial charge in [0, 0.05) is 5.74 Å². The average Bonchev–Trinajstić information content (AvgIpc) is 2.58. The van der Waals surface area contributed by atoms with Crippen LogP contribution >= 0.6 is 0 Å². The Kier molecular flexibility index (Phi) is 5.10. The third kappa shape index (κ3) is 2.62. The SMILES string of the molecule is CC[B-](CC)(CC)[Si](C)(c1ccccc1)c1ccccc1. The van der Waals surface area contributed by atoms with Gasteiger partial charge in [0.05, 0.1) is 0 Å². The number of rotatable bonds is 6. The predicted octanol–water partition coefficient (Wildman–Crippen LogP) is 4.47. The van der Waals surface area contributed by atoms with Gasteiger partial charge in [-0.25, -0.2) is 0 Å². The monoisotopic (exact) mass is 295 g/mol. The highest BCUT2D eigenvalue weighted by Gasteiger charge is 2.42. The number of hydrogen-bond acceptors (Lipinski definition) is 0. The summed E-state index contributed by atoms with van der Waals surface area (Å²) in [7, 11) is -1.72. The summed E-state index contributed by atoms with van der Waals surface area (Å²) in [6.07, 6.45) is 3.96.